The Morgan fingerprint density at radius 1 is 1.25 bits per heavy atom. The van der Waals surface area contributed by atoms with E-state index in [-0.39, 0.29) is 0 Å². The van der Waals surface area contributed by atoms with Crippen molar-refractivity contribution >= 4 is 5.69 Å². The van der Waals surface area contributed by atoms with Crippen molar-refractivity contribution in [3.05, 3.63) is 29.8 Å². The number of rotatable bonds is 5. The molecule has 0 amide bonds. The van der Waals surface area contributed by atoms with Crippen molar-refractivity contribution in [3.8, 4) is 0 Å². The summed E-state index contributed by atoms with van der Waals surface area (Å²) in [5, 5.41) is 3.63. The minimum atomic E-state index is 0.473. The molecule has 2 nitrogen and oxygen atoms in total. The lowest BCUT2D eigenvalue weighted by atomic mass is 9.90. The van der Waals surface area contributed by atoms with Crippen LogP contribution in [-0.2, 0) is 0 Å². The van der Waals surface area contributed by atoms with Gasteiger partial charge in [0, 0.05) is 24.3 Å². The zero-order valence-electron chi connectivity index (χ0n) is 13.5. The summed E-state index contributed by atoms with van der Waals surface area (Å²) in [4.78, 5) is 2.63. The number of para-hydroxylation sites is 1. The summed E-state index contributed by atoms with van der Waals surface area (Å²) in [5.74, 6) is 0.788. The summed E-state index contributed by atoms with van der Waals surface area (Å²) in [6.45, 7) is 11.5. The predicted octanol–water partition coefficient (Wildman–Crippen LogP) is 4.37. The Labute approximate surface area is 124 Å². The normalized spacial score (nSPS) is 24.7. The molecule has 0 aliphatic carbocycles. The number of hydrogen-bond donors (Lipinski definition) is 1. The average molecular weight is 274 g/mol. The maximum atomic E-state index is 3.63. The number of nitrogens with one attached hydrogen (secondary N) is 1. The Bertz CT molecular complexity index is 416. The minimum absolute atomic E-state index is 0.473. The molecule has 2 rings (SSSR count). The first-order valence-electron chi connectivity index (χ1n) is 8.28. The highest BCUT2D eigenvalue weighted by Gasteiger charge is 2.27. The van der Waals surface area contributed by atoms with E-state index in [1.807, 2.05) is 0 Å². The van der Waals surface area contributed by atoms with E-state index < -0.39 is 0 Å². The first-order valence-corrected chi connectivity index (χ1v) is 8.28. The number of benzene rings is 1. The number of nitrogens with zero attached hydrogens (tertiary/aromatic N) is 1. The average Bonchev–Trinajstić information content (AvgIpc) is 2.48. The Hall–Kier alpha value is -1.02. The van der Waals surface area contributed by atoms with E-state index in [0.29, 0.717) is 12.1 Å². The SMILES string of the molecule is CCNC(CC)c1ccccc1N1CCCC(C)C1C. The van der Waals surface area contributed by atoms with Crippen LogP contribution in [0.15, 0.2) is 24.3 Å². The van der Waals surface area contributed by atoms with Gasteiger partial charge in [0.05, 0.1) is 0 Å². The molecule has 1 aliphatic heterocycles. The third kappa shape index (κ3) is 3.17. The fraction of sp³-hybridized carbons (Fsp3) is 0.667. The largest absolute Gasteiger partial charge is 0.368 e. The van der Waals surface area contributed by atoms with Crippen LogP contribution >= 0.6 is 0 Å². The summed E-state index contributed by atoms with van der Waals surface area (Å²) < 4.78 is 0. The molecule has 1 aromatic rings. The van der Waals surface area contributed by atoms with Crippen LogP contribution in [0.3, 0.4) is 0 Å². The molecule has 2 heteroatoms. The summed E-state index contributed by atoms with van der Waals surface area (Å²) in [7, 11) is 0. The van der Waals surface area contributed by atoms with Crippen molar-refractivity contribution in [3.63, 3.8) is 0 Å². The molecule has 1 saturated heterocycles. The van der Waals surface area contributed by atoms with Crippen LogP contribution in [-0.4, -0.2) is 19.1 Å². The maximum Gasteiger partial charge on any atom is 0.0417 e. The fourth-order valence-electron chi connectivity index (χ4n) is 3.44. The van der Waals surface area contributed by atoms with Crippen LogP contribution in [0.25, 0.3) is 0 Å². The molecular formula is C18H30N2. The highest BCUT2D eigenvalue weighted by Crippen LogP contribution is 2.34. The summed E-state index contributed by atoms with van der Waals surface area (Å²) in [6, 6.07) is 10.1. The molecule has 1 aromatic carbocycles. The molecule has 20 heavy (non-hydrogen) atoms. The predicted molar refractivity (Wildman–Crippen MR) is 88.4 cm³/mol. The van der Waals surface area contributed by atoms with Crippen molar-refractivity contribution in [2.45, 2.75) is 59.0 Å². The molecule has 3 atom stereocenters. The second-order valence-electron chi connectivity index (χ2n) is 6.13. The standard InChI is InChI=1S/C18H30N2/c1-5-17(19-6-2)16-11-7-8-12-18(16)20-13-9-10-14(3)15(20)4/h7-8,11-12,14-15,17,19H,5-6,9-10,13H2,1-4H3. The second-order valence-corrected chi connectivity index (χ2v) is 6.13. The van der Waals surface area contributed by atoms with Crippen LogP contribution < -0.4 is 10.2 Å². The van der Waals surface area contributed by atoms with E-state index in [2.05, 4.69) is 62.2 Å². The molecule has 112 valence electrons. The molecule has 0 radical (unpaired) electrons. The van der Waals surface area contributed by atoms with Gasteiger partial charge in [-0.25, -0.2) is 0 Å². The summed E-state index contributed by atoms with van der Waals surface area (Å²) >= 11 is 0. The molecule has 1 aliphatic rings. The molecule has 0 saturated carbocycles. The van der Waals surface area contributed by atoms with E-state index in [1.54, 1.807) is 0 Å². The minimum Gasteiger partial charge on any atom is -0.368 e. The van der Waals surface area contributed by atoms with Gasteiger partial charge in [0.15, 0.2) is 0 Å². The molecule has 0 spiro atoms. The van der Waals surface area contributed by atoms with Crippen molar-refractivity contribution in [2.24, 2.45) is 5.92 Å². The smallest absolute Gasteiger partial charge is 0.0417 e. The number of anilines is 1. The second kappa shape index (κ2) is 7.12. The van der Waals surface area contributed by atoms with Gasteiger partial charge in [-0.3, -0.25) is 0 Å². The highest BCUT2D eigenvalue weighted by molar-refractivity contribution is 5.56. The highest BCUT2D eigenvalue weighted by atomic mass is 15.2. The van der Waals surface area contributed by atoms with Crippen LogP contribution in [0.2, 0.25) is 0 Å². The molecule has 0 aromatic heterocycles. The molecule has 3 unspecified atom stereocenters. The zero-order chi connectivity index (χ0) is 14.5. The third-order valence-corrected chi connectivity index (χ3v) is 4.85. The van der Waals surface area contributed by atoms with Gasteiger partial charge in [0.1, 0.15) is 0 Å². The Balaban J connectivity index is 2.31. The Kier molecular flexibility index (Phi) is 5.47. The van der Waals surface area contributed by atoms with Crippen molar-refractivity contribution in [2.75, 3.05) is 18.0 Å². The molecular weight excluding hydrogens is 244 g/mol. The van der Waals surface area contributed by atoms with Crippen LogP contribution in [0.4, 0.5) is 5.69 Å². The monoisotopic (exact) mass is 274 g/mol. The number of piperidine rings is 1. The van der Waals surface area contributed by atoms with Crippen molar-refractivity contribution < 1.29 is 0 Å². The lowest BCUT2D eigenvalue weighted by molar-refractivity contribution is 0.362. The summed E-state index contributed by atoms with van der Waals surface area (Å²) in [5.41, 5.74) is 2.91. The first kappa shape index (κ1) is 15.4. The van der Waals surface area contributed by atoms with Gasteiger partial charge in [0.25, 0.3) is 0 Å². The van der Waals surface area contributed by atoms with Crippen molar-refractivity contribution in [1.82, 2.24) is 5.32 Å². The third-order valence-electron chi connectivity index (χ3n) is 4.85. The molecule has 1 fully saturated rings. The van der Waals surface area contributed by atoms with E-state index in [0.717, 1.165) is 18.9 Å². The van der Waals surface area contributed by atoms with Gasteiger partial charge in [-0.15, -0.1) is 0 Å². The van der Waals surface area contributed by atoms with Gasteiger partial charge < -0.3 is 10.2 Å². The van der Waals surface area contributed by atoms with Gasteiger partial charge in [-0.05, 0) is 50.3 Å². The van der Waals surface area contributed by atoms with Crippen LogP contribution in [0.5, 0.6) is 0 Å². The van der Waals surface area contributed by atoms with Crippen LogP contribution in [0.1, 0.15) is 58.6 Å². The van der Waals surface area contributed by atoms with Gasteiger partial charge in [-0.2, -0.15) is 0 Å². The van der Waals surface area contributed by atoms with E-state index in [4.69, 9.17) is 0 Å². The van der Waals surface area contributed by atoms with Crippen LogP contribution in [0, 0.1) is 5.92 Å². The Morgan fingerprint density at radius 3 is 2.70 bits per heavy atom. The Morgan fingerprint density at radius 2 is 2.00 bits per heavy atom. The van der Waals surface area contributed by atoms with Crippen molar-refractivity contribution in [1.29, 1.82) is 0 Å². The number of hydrogen-bond acceptors (Lipinski definition) is 2. The van der Waals surface area contributed by atoms with Gasteiger partial charge in [0.2, 0.25) is 0 Å². The zero-order valence-corrected chi connectivity index (χ0v) is 13.5. The van der Waals surface area contributed by atoms with E-state index >= 15 is 0 Å². The van der Waals surface area contributed by atoms with Gasteiger partial charge in [-0.1, -0.05) is 39.0 Å². The quantitative estimate of drug-likeness (QED) is 0.857. The summed E-state index contributed by atoms with van der Waals surface area (Å²) in [6.07, 6.45) is 3.82. The molecule has 1 N–H and O–H groups in total. The van der Waals surface area contributed by atoms with E-state index in [9.17, 15) is 0 Å². The maximum absolute atomic E-state index is 3.63. The van der Waals surface area contributed by atoms with Gasteiger partial charge >= 0.3 is 0 Å². The topological polar surface area (TPSA) is 15.3 Å². The fourth-order valence-corrected chi connectivity index (χ4v) is 3.44. The molecule has 1 heterocycles. The van der Waals surface area contributed by atoms with E-state index in [1.165, 1.54) is 30.6 Å². The lowest BCUT2D eigenvalue weighted by Gasteiger charge is -2.41. The lowest BCUT2D eigenvalue weighted by Crippen LogP contribution is -2.43. The first-order chi connectivity index (χ1) is 9.69. The molecule has 0 bridgehead atoms.